The Kier molecular flexibility index (Phi) is 3.43. The molecule has 1 aromatic heterocycles. The molecule has 5 heteroatoms. The maximum atomic E-state index is 11.2. The minimum atomic E-state index is -0.960. The second kappa shape index (κ2) is 4.72. The predicted octanol–water partition coefficient (Wildman–Crippen LogP) is 1.58. The first kappa shape index (κ1) is 13.1. The Hall–Kier alpha value is -1.36. The highest BCUT2D eigenvalue weighted by Crippen LogP contribution is 2.27. The highest BCUT2D eigenvalue weighted by atomic mass is 16.4. The minimum Gasteiger partial charge on any atom is -0.481 e. The molecule has 1 atom stereocenters. The van der Waals surface area contributed by atoms with Gasteiger partial charge in [0.15, 0.2) is 0 Å². The first-order valence-electron chi connectivity index (χ1n) is 6.38. The van der Waals surface area contributed by atoms with Crippen molar-refractivity contribution < 1.29 is 9.90 Å². The third kappa shape index (κ3) is 2.41. The molecule has 0 bridgehead atoms. The Morgan fingerprint density at radius 1 is 1.61 bits per heavy atom. The van der Waals surface area contributed by atoms with Crippen molar-refractivity contribution in [1.29, 1.82) is 0 Å². The van der Waals surface area contributed by atoms with Crippen LogP contribution in [0.4, 0.5) is 0 Å². The number of hydrogen-bond acceptors (Lipinski definition) is 3. The summed E-state index contributed by atoms with van der Waals surface area (Å²) in [6.45, 7) is 5.49. The van der Waals surface area contributed by atoms with Crippen LogP contribution in [0.5, 0.6) is 0 Å². The number of aromatic amines is 1. The van der Waals surface area contributed by atoms with Crippen molar-refractivity contribution in [2.24, 2.45) is 0 Å². The zero-order valence-electron chi connectivity index (χ0n) is 11.2. The molecule has 2 rings (SSSR count). The number of H-pyrrole nitrogens is 1. The average molecular weight is 251 g/mol. The van der Waals surface area contributed by atoms with Crippen LogP contribution < -0.4 is 0 Å². The Morgan fingerprint density at radius 3 is 2.94 bits per heavy atom. The third-order valence-corrected chi connectivity index (χ3v) is 3.79. The number of nitrogens with zero attached hydrogens (tertiary/aromatic N) is 2. The van der Waals surface area contributed by atoms with Gasteiger partial charge in [-0.05, 0) is 40.3 Å². The molecule has 1 saturated heterocycles. The summed E-state index contributed by atoms with van der Waals surface area (Å²) in [4.78, 5) is 21.0. The number of aliphatic carboxylic acids is 1. The monoisotopic (exact) mass is 251 g/mol. The van der Waals surface area contributed by atoms with Crippen LogP contribution in [0.15, 0.2) is 6.20 Å². The van der Waals surface area contributed by atoms with Crippen molar-refractivity contribution >= 4 is 5.97 Å². The predicted molar refractivity (Wildman–Crippen MR) is 68.7 cm³/mol. The molecule has 1 fully saturated rings. The summed E-state index contributed by atoms with van der Waals surface area (Å²) in [5, 5.41) is 9.19. The second-order valence-electron chi connectivity index (χ2n) is 5.72. The van der Waals surface area contributed by atoms with Crippen molar-refractivity contribution in [3.05, 3.63) is 17.7 Å². The lowest BCUT2D eigenvalue weighted by Crippen LogP contribution is -2.31. The van der Waals surface area contributed by atoms with E-state index in [1.165, 1.54) is 6.42 Å². The number of likely N-dealkylation sites (tertiary alicyclic amines) is 1. The first-order chi connectivity index (χ1) is 8.41. The molecule has 1 aromatic rings. The van der Waals surface area contributed by atoms with Crippen molar-refractivity contribution in [2.45, 2.75) is 38.0 Å². The fourth-order valence-electron chi connectivity index (χ4n) is 2.38. The van der Waals surface area contributed by atoms with Crippen LogP contribution in [0.2, 0.25) is 0 Å². The average Bonchev–Trinajstić information content (AvgIpc) is 2.78. The Balaban J connectivity index is 2.17. The van der Waals surface area contributed by atoms with E-state index in [1.807, 2.05) is 0 Å². The lowest BCUT2D eigenvalue weighted by molar-refractivity contribution is -0.142. The highest BCUT2D eigenvalue weighted by Gasteiger charge is 2.33. The van der Waals surface area contributed by atoms with Gasteiger partial charge in [0.1, 0.15) is 11.2 Å². The number of carbonyl (C=O) groups is 1. The summed E-state index contributed by atoms with van der Waals surface area (Å²) in [6.07, 6.45) is 4.11. The molecule has 2 heterocycles. The molecule has 100 valence electrons. The van der Waals surface area contributed by atoms with E-state index in [1.54, 1.807) is 20.0 Å². The summed E-state index contributed by atoms with van der Waals surface area (Å²) in [6, 6.07) is 0. The van der Waals surface area contributed by atoms with Crippen LogP contribution in [-0.2, 0) is 10.2 Å². The molecule has 18 heavy (non-hydrogen) atoms. The lowest BCUT2D eigenvalue weighted by Gasteiger charge is -2.28. The van der Waals surface area contributed by atoms with E-state index < -0.39 is 11.4 Å². The molecule has 2 N–H and O–H groups in total. The van der Waals surface area contributed by atoms with Gasteiger partial charge in [0.05, 0.1) is 0 Å². The second-order valence-corrected chi connectivity index (χ2v) is 5.72. The van der Waals surface area contributed by atoms with Gasteiger partial charge in [-0.1, -0.05) is 0 Å². The number of hydrogen-bond donors (Lipinski definition) is 2. The Bertz CT molecular complexity index is 439. The maximum Gasteiger partial charge on any atom is 0.316 e. The van der Waals surface area contributed by atoms with Crippen molar-refractivity contribution in [2.75, 3.05) is 20.1 Å². The quantitative estimate of drug-likeness (QED) is 0.855. The molecule has 0 spiro atoms. The number of piperidine rings is 1. The number of carboxylic acids is 1. The number of rotatable bonds is 3. The highest BCUT2D eigenvalue weighted by molar-refractivity contribution is 5.78. The normalized spacial score (nSPS) is 22.1. The molecule has 1 unspecified atom stereocenters. The van der Waals surface area contributed by atoms with Gasteiger partial charge in [-0.25, -0.2) is 4.98 Å². The summed E-state index contributed by atoms with van der Waals surface area (Å²) in [5.74, 6) is 0.122. The van der Waals surface area contributed by atoms with Gasteiger partial charge in [-0.2, -0.15) is 0 Å². The Labute approximate surface area is 107 Å². The first-order valence-corrected chi connectivity index (χ1v) is 6.38. The number of likely N-dealkylation sites (N-methyl/N-ethyl adjacent to an activating group) is 1. The van der Waals surface area contributed by atoms with Crippen molar-refractivity contribution in [1.82, 2.24) is 14.9 Å². The molecule has 0 aliphatic carbocycles. The molecule has 0 radical (unpaired) electrons. The number of nitrogens with one attached hydrogen (secondary N) is 1. The molecule has 0 aromatic carbocycles. The fraction of sp³-hybridized carbons (Fsp3) is 0.692. The van der Waals surface area contributed by atoms with E-state index in [4.69, 9.17) is 0 Å². The van der Waals surface area contributed by atoms with Crippen LogP contribution in [0, 0.1) is 0 Å². The van der Waals surface area contributed by atoms with Crippen LogP contribution in [0.25, 0.3) is 0 Å². The molecule has 1 aliphatic heterocycles. The van der Waals surface area contributed by atoms with E-state index in [2.05, 4.69) is 21.9 Å². The van der Waals surface area contributed by atoms with Crippen molar-refractivity contribution in [3.8, 4) is 0 Å². The van der Waals surface area contributed by atoms with Gasteiger partial charge >= 0.3 is 5.97 Å². The third-order valence-electron chi connectivity index (χ3n) is 3.79. The molecular weight excluding hydrogens is 230 g/mol. The van der Waals surface area contributed by atoms with E-state index in [9.17, 15) is 9.90 Å². The maximum absolute atomic E-state index is 11.2. The zero-order chi connectivity index (χ0) is 13.3. The van der Waals surface area contributed by atoms with Crippen LogP contribution >= 0.6 is 0 Å². The van der Waals surface area contributed by atoms with Crippen LogP contribution in [-0.4, -0.2) is 46.1 Å². The van der Waals surface area contributed by atoms with Gasteiger partial charge in [0, 0.05) is 24.4 Å². The number of imidazole rings is 1. The molecule has 1 aliphatic rings. The molecular formula is C13H21N3O2. The summed E-state index contributed by atoms with van der Waals surface area (Å²) < 4.78 is 0. The van der Waals surface area contributed by atoms with Gasteiger partial charge in [-0.3, -0.25) is 4.79 Å². The standard InChI is InChI=1S/C13H21N3O2/c1-13(2,12(17)18)11-14-7-10(15-11)9-5-4-6-16(3)8-9/h7,9H,4-6,8H2,1-3H3,(H,14,15)(H,17,18). The van der Waals surface area contributed by atoms with Gasteiger partial charge in [0.2, 0.25) is 0 Å². The van der Waals surface area contributed by atoms with E-state index in [0.717, 1.165) is 25.2 Å². The van der Waals surface area contributed by atoms with E-state index >= 15 is 0 Å². The van der Waals surface area contributed by atoms with Crippen molar-refractivity contribution in [3.63, 3.8) is 0 Å². The Morgan fingerprint density at radius 2 is 2.33 bits per heavy atom. The summed E-state index contributed by atoms with van der Waals surface area (Å²) >= 11 is 0. The van der Waals surface area contributed by atoms with Crippen LogP contribution in [0.1, 0.15) is 44.1 Å². The zero-order valence-corrected chi connectivity index (χ0v) is 11.2. The SMILES string of the molecule is CN1CCCC(c2cnc(C(C)(C)C(=O)O)[nH]2)C1. The number of aromatic nitrogens is 2. The van der Waals surface area contributed by atoms with Gasteiger partial charge < -0.3 is 15.0 Å². The smallest absolute Gasteiger partial charge is 0.316 e. The van der Waals surface area contributed by atoms with Crippen LogP contribution in [0.3, 0.4) is 0 Å². The molecule has 0 saturated carbocycles. The largest absolute Gasteiger partial charge is 0.481 e. The summed E-state index contributed by atoms with van der Waals surface area (Å²) in [7, 11) is 2.12. The minimum absolute atomic E-state index is 0.439. The number of carboxylic acid groups (broad SMARTS) is 1. The lowest BCUT2D eigenvalue weighted by atomic mass is 9.93. The van der Waals surface area contributed by atoms with E-state index in [-0.39, 0.29) is 0 Å². The topological polar surface area (TPSA) is 69.2 Å². The fourth-order valence-corrected chi connectivity index (χ4v) is 2.38. The molecule has 0 amide bonds. The van der Waals surface area contributed by atoms with Gasteiger partial charge in [-0.15, -0.1) is 0 Å². The summed E-state index contributed by atoms with van der Waals surface area (Å²) in [5.41, 5.74) is 0.101. The molecule has 5 nitrogen and oxygen atoms in total. The van der Waals surface area contributed by atoms with E-state index in [0.29, 0.717) is 11.7 Å². The van der Waals surface area contributed by atoms with Gasteiger partial charge in [0.25, 0.3) is 0 Å².